The fourth-order valence-electron chi connectivity index (χ4n) is 2.92. The number of amides is 1. The van der Waals surface area contributed by atoms with E-state index in [-0.39, 0.29) is 11.4 Å². The van der Waals surface area contributed by atoms with Crippen LogP contribution < -0.4 is 10.6 Å². The lowest BCUT2D eigenvalue weighted by Crippen LogP contribution is -2.54. The van der Waals surface area contributed by atoms with Crippen LogP contribution in [-0.2, 0) is 4.79 Å². The van der Waals surface area contributed by atoms with Gasteiger partial charge in [0.1, 0.15) is 0 Å². The van der Waals surface area contributed by atoms with Crippen LogP contribution in [0.15, 0.2) is 0 Å². The third kappa shape index (κ3) is 3.16. The molecule has 98 valence electrons. The number of carbonyl (C=O) groups excluding carboxylic acids is 1. The molecule has 1 saturated heterocycles. The first-order valence-corrected chi connectivity index (χ1v) is 8.01. The Morgan fingerprint density at radius 2 is 2.24 bits per heavy atom. The molecule has 0 bridgehead atoms. The van der Waals surface area contributed by atoms with E-state index in [9.17, 15) is 4.79 Å². The van der Waals surface area contributed by atoms with Gasteiger partial charge in [0.25, 0.3) is 0 Å². The lowest BCUT2D eigenvalue weighted by atomic mass is 9.93. The van der Waals surface area contributed by atoms with Crippen LogP contribution in [0.5, 0.6) is 0 Å². The number of hydrogen-bond donors (Lipinski definition) is 2. The summed E-state index contributed by atoms with van der Waals surface area (Å²) in [6, 6.07) is 0.396. The van der Waals surface area contributed by atoms with Crippen LogP contribution >= 0.6 is 11.8 Å². The van der Waals surface area contributed by atoms with Gasteiger partial charge in [-0.3, -0.25) is 4.79 Å². The van der Waals surface area contributed by atoms with E-state index >= 15 is 0 Å². The minimum atomic E-state index is -0.313. The Morgan fingerprint density at radius 1 is 1.41 bits per heavy atom. The highest BCUT2D eigenvalue weighted by molar-refractivity contribution is 7.99. The van der Waals surface area contributed by atoms with Gasteiger partial charge in [0.05, 0.1) is 5.54 Å². The lowest BCUT2D eigenvalue weighted by molar-refractivity contribution is -0.127. The normalized spacial score (nSPS) is 38.0. The standard InChI is InChI=1S/C13H24N2OS/c1-13(7-4-8-14-13)12(16)15-10-5-3-6-11(9-10)17-2/h10-11,14H,3-9H2,1-2H3,(H,15,16). The molecule has 1 aliphatic heterocycles. The predicted octanol–water partition coefficient (Wildman–Crippen LogP) is 1.92. The second kappa shape index (κ2) is 5.61. The quantitative estimate of drug-likeness (QED) is 0.810. The van der Waals surface area contributed by atoms with E-state index in [4.69, 9.17) is 0 Å². The average Bonchev–Trinajstić information content (AvgIpc) is 2.78. The van der Waals surface area contributed by atoms with Gasteiger partial charge < -0.3 is 10.6 Å². The van der Waals surface area contributed by atoms with Gasteiger partial charge in [-0.15, -0.1) is 0 Å². The van der Waals surface area contributed by atoms with Crippen LogP contribution in [0.1, 0.15) is 45.4 Å². The number of hydrogen-bond acceptors (Lipinski definition) is 3. The molecule has 0 aromatic heterocycles. The third-order valence-electron chi connectivity index (χ3n) is 4.16. The molecule has 1 saturated carbocycles. The second-order valence-corrected chi connectivity index (χ2v) is 6.70. The number of nitrogens with one attached hydrogen (secondary N) is 2. The van der Waals surface area contributed by atoms with Gasteiger partial charge in [-0.05, 0) is 51.8 Å². The summed E-state index contributed by atoms with van der Waals surface area (Å²) >= 11 is 1.94. The summed E-state index contributed by atoms with van der Waals surface area (Å²) in [4.78, 5) is 12.2. The molecule has 2 rings (SSSR count). The zero-order chi connectivity index (χ0) is 12.3. The molecule has 0 aromatic rings. The van der Waals surface area contributed by atoms with Crippen molar-refractivity contribution in [3.63, 3.8) is 0 Å². The van der Waals surface area contributed by atoms with Crippen LogP contribution in [0.2, 0.25) is 0 Å². The summed E-state index contributed by atoms with van der Waals surface area (Å²) in [5, 5.41) is 7.32. The van der Waals surface area contributed by atoms with E-state index in [0.717, 1.165) is 37.5 Å². The molecule has 2 fully saturated rings. The maximum atomic E-state index is 12.2. The molecule has 1 heterocycles. The fraction of sp³-hybridized carbons (Fsp3) is 0.923. The average molecular weight is 256 g/mol. The Hall–Kier alpha value is -0.220. The molecular formula is C13H24N2OS. The zero-order valence-electron chi connectivity index (χ0n) is 10.9. The molecule has 2 N–H and O–H groups in total. The molecule has 3 nitrogen and oxygen atoms in total. The summed E-state index contributed by atoms with van der Waals surface area (Å²) in [6.07, 6.45) is 9.11. The summed E-state index contributed by atoms with van der Waals surface area (Å²) in [6.45, 7) is 3.01. The van der Waals surface area contributed by atoms with Crippen LogP contribution in [-0.4, -0.2) is 35.5 Å². The van der Waals surface area contributed by atoms with Crippen molar-refractivity contribution in [3.05, 3.63) is 0 Å². The summed E-state index contributed by atoms with van der Waals surface area (Å²) in [5.41, 5.74) is -0.313. The predicted molar refractivity (Wildman–Crippen MR) is 73.3 cm³/mol. The number of rotatable bonds is 3. The van der Waals surface area contributed by atoms with E-state index < -0.39 is 0 Å². The molecule has 4 heteroatoms. The molecular weight excluding hydrogens is 232 g/mol. The first kappa shape index (κ1) is 13.2. The Labute approximate surface area is 108 Å². The van der Waals surface area contributed by atoms with E-state index in [1.165, 1.54) is 12.8 Å². The first-order valence-electron chi connectivity index (χ1n) is 6.73. The van der Waals surface area contributed by atoms with Crippen LogP contribution in [0.25, 0.3) is 0 Å². The van der Waals surface area contributed by atoms with E-state index in [1.807, 2.05) is 18.7 Å². The molecule has 3 unspecified atom stereocenters. The van der Waals surface area contributed by atoms with E-state index in [1.54, 1.807) is 0 Å². The van der Waals surface area contributed by atoms with Gasteiger partial charge in [0.15, 0.2) is 0 Å². The Balaban J connectivity index is 1.85. The molecule has 1 amide bonds. The van der Waals surface area contributed by atoms with Crippen molar-refractivity contribution in [2.75, 3.05) is 12.8 Å². The Bertz CT molecular complexity index is 277. The number of carbonyl (C=O) groups is 1. The van der Waals surface area contributed by atoms with Gasteiger partial charge in [-0.25, -0.2) is 0 Å². The maximum absolute atomic E-state index is 12.2. The second-order valence-electron chi connectivity index (χ2n) is 5.56. The minimum Gasteiger partial charge on any atom is -0.352 e. The van der Waals surface area contributed by atoms with E-state index in [0.29, 0.717) is 6.04 Å². The molecule has 0 aromatic carbocycles. The highest BCUT2D eigenvalue weighted by atomic mass is 32.2. The van der Waals surface area contributed by atoms with E-state index in [2.05, 4.69) is 16.9 Å². The molecule has 0 radical (unpaired) electrons. The van der Waals surface area contributed by atoms with Crippen molar-refractivity contribution >= 4 is 17.7 Å². The minimum absolute atomic E-state index is 0.210. The van der Waals surface area contributed by atoms with Crippen molar-refractivity contribution in [2.24, 2.45) is 0 Å². The zero-order valence-corrected chi connectivity index (χ0v) is 11.7. The summed E-state index contributed by atoms with van der Waals surface area (Å²) in [5.74, 6) is 0.210. The molecule has 2 aliphatic rings. The van der Waals surface area contributed by atoms with Crippen molar-refractivity contribution in [1.82, 2.24) is 10.6 Å². The van der Waals surface area contributed by atoms with Gasteiger partial charge >= 0.3 is 0 Å². The van der Waals surface area contributed by atoms with Crippen molar-refractivity contribution in [1.29, 1.82) is 0 Å². The monoisotopic (exact) mass is 256 g/mol. The Kier molecular flexibility index (Phi) is 4.36. The maximum Gasteiger partial charge on any atom is 0.240 e. The lowest BCUT2D eigenvalue weighted by Gasteiger charge is -2.32. The molecule has 17 heavy (non-hydrogen) atoms. The van der Waals surface area contributed by atoms with Crippen LogP contribution in [0, 0.1) is 0 Å². The molecule has 0 spiro atoms. The highest BCUT2D eigenvalue weighted by Crippen LogP contribution is 2.27. The van der Waals surface area contributed by atoms with Crippen LogP contribution in [0.4, 0.5) is 0 Å². The smallest absolute Gasteiger partial charge is 0.240 e. The van der Waals surface area contributed by atoms with Crippen molar-refractivity contribution in [3.8, 4) is 0 Å². The van der Waals surface area contributed by atoms with Crippen molar-refractivity contribution < 1.29 is 4.79 Å². The van der Waals surface area contributed by atoms with Gasteiger partial charge in [-0.1, -0.05) is 6.42 Å². The molecule has 1 aliphatic carbocycles. The highest BCUT2D eigenvalue weighted by Gasteiger charge is 2.37. The first-order chi connectivity index (χ1) is 8.14. The topological polar surface area (TPSA) is 41.1 Å². The largest absolute Gasteiger partial charge is 0.352 e. The van der Waals surface area contributed by atoms with Crippen molar-refractivity contribution in [2.45, 2.75) is 62.3 Å². The fourth-order valence-corrected chi connectivity index (χ4v) is 3.75. The summed E-state index contributed by atoms with van der Waals surface area (Å²) < 4.78 is 0. The number of thioether (sulfide) groups is 1. The van der Waals surface area contributed by atoms with Gasteiger partial charge in [0, 0.05) is 11.3 Å². The molecule has 3 atom stereocenters. The third-order valence-corrected chi connectivity index (χ3v) is 5.26. The van der Waals surface area contributed by atoms with Crippen LogP contribution in [0.3, 0.4) is 0 Å². The summed E-state index contributed by atoms with van der Waals surface area (Å²) in [7, 11) is 0. The Morgan fingerprint density at radius 3 is 2.88 bits per heavy atom. The van der Waals surface area contributed by atoms with Gasteiger partial charge in [0.2, 0.25) is 5.91 Å². The SMILES string of the molecule is CSC1CCCC(NC(=O)C2(C)CCCN2)C1. The van der Waals surface area contributed by atoms with Gasteiger partial charge in [-0.2, -0.15) is 11.8 Å².